The summed E-state index contributed by atoms with van der Waals surface area (Å²) in [6.07, 6.45) is 1.34. The van der Waals surface area contributed by atoms with E-state index in [9.17, 15) is 5.11 Å². The fourth-order valence-corrected chi connectivity index (χ4v) is 1.28. The van der Waals surface area contributed by atoms with Gasteiger partial charge in [-0.15, -0.1) is 0 Å². The third kappa shape index (κ3) is 1.47. The van der Waals surface area contributed by atoms with Crippen molar-refractivity contribution >= 4 is 13.4 Å². The molecule has 1 saturated heterocycles. The van der Waals surface area contributed by atoms with Crippen LogP contribution in [-0.2, 0) is 4.74 Å². The van der Waals surface area contributed by atoms with Gasteiger partial charge in [-0.3, -0.25) is 0 Å². The van der Waals surface area contributed by atoms with Gasteiger partial charge in [0.25, 0.3) is 0 Å². The third-order valence-corrected chi connectivity index (χ3v) is 1.92. The van der Waals surface area contributed by atoms with Gasteiger partial charge in [-0.2, -0.15) is 0 Å². The van der Waals surface area contributed by atoms with Crippen LogP contribution in [0.2, 0.25) is 0 Å². The molecule has 0 spiro atoms. The van der Waals surface area contributed by atoms with E-state index in [0.29, 0.717) is 6.42 Å². The van der Waals surface area contributed by atoms with Crippen LogP contribution in [0.25, 0.3) is 0 Å². The van der Waals surface area contributed by atoms with Gasteiger partial charge in [-0.25, -0.2) is 0 Å². The van der Waals surface area contributed by atoms with Gasteiger partial charge in [0.05, 0.1) is 0 Å². The Balaban J connectivity index is 2.43. The second-order valence-electron chi connectivity index (χ2n) is 2.66. The predicted octanol–water partition coefficient (Wildman–Crippen LogP) is 0.00850. The molecule has 3 unspecified atom stereocenters. The average Bonchev–Trinajstić information content (AvgIpc) is 2.30. The summed E-state index contributed by atoms with van der Waals surface area (Å²) in [4.78, 5) is 0. The molecule has 10 heavy (non-hydrogen) atoms. The van der Waals surface area contributed by atoms with E-state index in [4.69, 9.17) is 4.74 Å². The zero-order valence-corrected chi connectivity index (χ0v) is 6.29. The van der Waals surface area contributed by atoms with Gasteiger partial charge < -0.3 is 0 Å². The molecular formula is C7H13BO2. The maximum absolute atomic E-state index is 9.32. The van der Waals surface area contributed by atoms with E-state index in [1.165, 1.54) is 0 Å². The van der Waals surface area contributed by atoms with Crippen molar-refractivity contribution in [2.24, 2.45) is 0 Å². The first-order chi connectivity index (χ1) is 4.77. The molecular weight excluding hydrogens is 127 g/mol. The Kier molecular flexibility index (Phi) is 2.63. The first-order valence-corrected chi connectivity index (χ1v) is 3.74. The Bertz CT molecular complexity index is 127. The monoisotopic (exact) mass is 140 g/mol. The van der Waals surface area contributed by atoms with Crippen molar-refractivity contribution in [2.75, 3.05) is 0 Å². The summed E-state index contributed by atoms with van der Waals surface area (Å²) < 4.78 is 5.40. The van der Waals surface area contributed by atoms with Crippen LogP contribution in [0.1, 0.15) is 19.8 Å². The van der Waals surface area contributed by atoms with Gasteiger partial charge in [-0.1, -0.05) is 0 Å². The van der Waals surface area contributed by atoms with Crippen molar-refractivity contribution < 1.29 is 9.84 Å². The molecule has 1 rings (SSSR count). The standard InChI is InChI=1S/C7H13BO2/c1-3-6-5(9)4-7(8-2)10-6/h5-7,9H,2-4H2,1H3. The quantitative estimate of drug-likeness (QED) is 0.547. The maximum atomic E-state index is 9.32. The van der Waals surface area contributed by atoms with E-state index in [1.54, 1.807) is 6.92 Å². The zero-order valence-electron chi connectivity index (χ0n) is 6.29. The van der Waals surface area contributed by atoms with E-state index in [1.807, 2.05) is 6.92 Å². The van der Waals surface area contributed by atoms with Crippen molar-refractivity contribution in [2.45, 2.75) is 38.0 Å². The second-order valence-corrected chi connectivity index (χ2v) is 2.66. The molecule has 3 atom stereocenters. The van der Waals surface area contributed by atoms with Crippen LogP contribution < -0.4 is 0 Å². The van der Waals surface area contributed by atoms with Crippen molar-refractivity contribution in [1.82, 2.24) is 0 Å². The number of ether oxygens (including phenoxy) is 1. The van der Waals surface area contributed by atoms with Crippen LogP contribution in [0.4, 0.5) is 0 Å². The molecule has 0 aromatic carbocycles. The molecule has 2 nitrogen and oxygen atoms in total. The summed E-state index contributed by atoms with van der Waals surface area (Å²) in [7, 11) is 0. The molecule has 0 aromatic rings. The van der Waals surface area contributed by atoms with Gasteiger partial charge in [0.15, 0.2) is 0 Å². The summed E-state index contributed by atoms with van der Waals surface area (Å²) in [5, 5.41) is 9.32. The molecule has 1 aliphatic heterocycles. The number of hydrogen-bond donors (Lipinski definition) is 1. The second kappa shape index (κ2) is 3.31. The van der Waals surface area contributed by atoms with Crippen molar-refractivity contribution in [1.29, 1.82) is 0 Å². The summed E-state index contributed by atoms with van der Waals surface area (Å²) in [6.45, 7) is 7.37. The van der Waals surface area contributed by atoms with Crippen LogP contribution in [0, 0.1) is 0 Å². The Morgan fingerprint density at radius 1 is 1.80 bits per heavy atom. The van der Waals surface area contributed by atoms with E-state index in [-0.39, 0.29) is 18.2 Å². The van der Waals surface area contributed by atoms with Gasteiger partial charge in [-0.05, 0) is 0 Å². The molecule has 0 aromatic heterocycles. The number of hydrogen-bond acceptors (Lipinski definition) is 2. The van der Waals surface area contributed by atoms with Crippen molar-refractivity contribution in [3.63, 3.8) is 0 Å². The Morgan fingerprint density at radius 2 is 2.50 bits per heavy atom. The minimum atomic E-state index is -0.284. The molecule has 1 aliphatic rings. The van der Waals surface area contributed by atoms with Crippen LogP contribution in [-0.4, -0.2) is 36.7 Å². The Hall–Kier alpha value is -0.145. The van der Waals surface area contributed by atoms with Crippen LogP contribution in [0.15, 0.2) is 0 Å². The Morgan fingerprint density at radius 3 is 2.80 bits per heavy atom. The van der Waals surface area contributed by atoms with E-state index >= 15 is 0 Å². The molecule has 0 amide bonds. The zero-order chi connectivity index (χ0) is 7.56. The number of rotatable bonds is 2. The molecule has 1 N–H and O–H groups in total. The molecule has 0 aliphatic carbocycles. The van der Waals surface area contributed by atoms with E-state index in [2.05, 4.69) is 6.47 Å². The number of aliphatic hydroxyl groups is 1. The summed E-state index contributed by atoms with van der Waals surface area (Å²) >= 11 is 0. The molecule has 1 heterocycles. The normalized spacial score (nSPS) is 39.6. The summed E-state index contributed by atoms with van der Waals surface area (Å²) in [5.41, 5.74) is 0. The predicted molar refractivity (Wildman–Crippen MR) is 42.5 cm³/mol. The molecule has 1 fully saturated rings. The van der Waals surface area contributed by atoms with Gasteiger partial charge >= 0.3 is 61.2 Å². The topological polar surface area (TPSA) is 29.5 Å². The van der Waals surface area contributed by atoms with Gasteiger partial charge in [0, 0.05) is 0 Å². The summed E-state index contributed by atoms with van der Waals surface area (Å²) in [6, 6.07) is 0.0694. The van der Waals surface area contributed by atoms with Gasteiger partial charge in [0.1, 0.15) is 0 Å². The Labute approximate surface area is 62.1 Å². The molecule has 56 valence electrons. The summed E-state index contributed by atoms with van der Waals surface area (Å²) in [5.74, 6) is 0. The van der Waals surface area contributed by atoms with Crippen LogP contribution in [0.3, 0.4) is 0 Å². The first-order valence-electron chi connectivity index (χ1n) is 3.74. The van der Waals surface area contributed by atoms with Crippen LogP contribution in [0.5, 0.6) is 0 Å². The third-order valence-electron chi connectivity index (χ3n) is 1.92. The fraction of sp³-hybridized carbons (Fsp3) is 0.857. The van der Waals surface area contributed by atoms with Crippen molar-refractivity contribution in [3.8, 4) is 0 Å². The molecule has 3 heteroatoms. The van der Waals surface area contributed by atoms with E-state index < -0.39 is 0 Å². The van der Waals surface area contributed by atoms with Crippen LogP contribution >= 0.6 is 0 Å². The molecule has 0 radical (unpaired) electrons. The molecule has 0 saturated carbocycles. The van der Waals surface area contributed by atoms with Crippen molar-refractivity contribution in [3.05, 3.63) is 0 Å². The number of aliphatic hydroxyl groups excluding tert-OH is 1. The van der Waals surface area contributed by atoms with E-state index in [0.717, 1.165) is 6.42 Å². The SMILES string of the molecule is C=BC1CC(O)C(CC)O1. The average molecular weight is 140 g/mol. The minimum absolute atomic E-state index is 0.0306. The molecule has 0 bridgehead atoms. The van der Waals surface area contributed by atoms with Gasteiger partial charge in [0.2, 0.25) is 0 Å². The fourth-order valence-electron chi connectivity index (χ4n) is 1.28. The first kappa shape index (κ1) is 7.96.